The van der Waals surface area contributed by atoms with Crippen LogP contribution in [-0.4, -0.2) is 53.4 Å². The zero-order valence-electron chi connectivity index (χ0n) is 11.9. The summed E-state index contributed by atoms with van der Waals surface area (Å²) < 4.78 is 0. The second-order valence-electron chi connectivity index (χ2n) is 5.26. The number of piperidine rings is 1. The van der Waals surface area contributed by atoms with Crippen molar-refractivity contribution in [3.05, 3.63) is 28.8 Å². The van der Waals surface area contributed by atoms with E-state index in [2.05, 4.69) is 5.32 Å². The Morgan fingerprint density at radius 3 is 2.67 bits per heavy atom. The first-order valence-corrected chi connectivity index (χ1v) is 7.61. The van der Waals surface area contributed by atoms with Crippen LogP contribution in [-0.2, 0) is 0 Å². The topological polar surface area (TPSA) is 72.8 Å². The lowest BCUT2D eigenvalue weighted by molar-refractivity contribution is 0.0724. The van der Waals surface area contributed by atoms with E-state index in [1.807, 2.05) is 4.90 Å². The van der Waals surface area contributed by atoms with Crippen molar-refractivity contribution in [2.75, 3.05) is 31.6 Å². The Bertz CT molecular complexity index is 490. The highest BCUT2D eigenvalue weighted by molar-refractivity contribution is 6.34. The van der Waals surface area contributed by atoms with Crippen LogP contribution in [0.1, 0.15) is 29.6 Å². The van der Waals surface area contributed by atoms with E-state index in [9.17, 15) is 9.90 Å². The van der Waals surface area contributed by atoms with Crippen LogP contribution in [0.25, 0.3) is 0 Å². The minimum Gasteiger partial charge on any atom is -0.394 e. The summed E-state index contributed by atoms with van der Waals surface area (Å²) in [6, 6.07) is 5.13. The zero-order chi connectivity index (χ0) is 15.2. The minimum absolute atomic E-state index is 0.0263. The first-order chi connectivity index (χ1) is 10.1. The molecule has 0 aliphatic carbocycles. The Kier molecular flexibility index (Phi) is 5.85. The molecule has 1 aliphatic heterocycles. The smallest absolute Gasteiger partial charge is 0.255 e. The summed E-state index contributed by atoms with van der Waals surface area (Å²) in [5.74, 6) is -0.0263. The summed E-state index contributed by atoms with van der Waals surface area (Å²) in [6.07, 6.45) is 2.44. The van der Waals surface area contributed by atoms with Crippen molar-refractivity contribution >= 4 is 23.2 Å². The molecule has 1 fully saturated rings. The Balaban J connectivity index is 2.02. The number of carbonyl (C=O) groups excluding carboxylic acids is 1. The van der Waals surface area contributed by atoms with E-state index in [1.165, 1.54) is 6.42 Å². The highest BCUT2D eigenvalue weighted by Gasteiger charge is 2.20. The summed E-state index contributed by atoms with van der Waals surface area (Å²) in [7, 11) is 0. The third kappa shape index (κ3) is 4.33. The number of likely N-dealkylation sites (tertiary alicyclic amines) is 1. The van der Waals surface area contributed by atoms with E-state index in [0.717, 1.165) is 25.9 Å². The molecular weight excluding hydrogens is 292 g/mol. The van der Waals surface area contributed by atoms with Crippen LogP contribution in [0, 0.1) is 0 Å². The number of nitrogens with one attached hydrogen (secondary N) is 1. The van der Waals surface area contributed by atoms with Gasteiger partial charge in [0.15, 0.2) is 0 Å². The van der Waals surface area contributed by atoms with Crippen molar-refractivity contribution in [2.45, 2.75) is 25.4 Å². The molecule has 0 radical (unpaired) electrons. The summed E-state index contributed by atoms with van der Waals surface area (Å²) in [4.78, 5) is 14.2. The van der Waals surface area contributed by atoms with Crippen LogP contribution in [0.3, 0.4) is 0 Å². The van der Waals surface area contributed by atoms with Gasteiger partial charge in [-0.15, -0.1) is 0 Å². The molecule has 1 aliphatic rings. The van der Waals surface area contributed by atoms with Crippen molar-refractivity contribution in [3.63, 3.8) is 0 Å². The third-order valence-electron chi connectivity index (χ3n) is 3.60. The summed E-state index contributed by atoms with van der Waals surface area (Å²) in [6.45, 7) is 1.51. The van der Waals surface area contributed by atoms with Crippen LogP contribution in [0.2, 0.25) is 5.02 Å². The van der Waals surface area contributed by atoms with Crippen molar-refractivity contribution in [3.8, 4) is 0 Å². The molecule has 0 aromatic heterocycles. The second-order valence-corrected chi connectivity index (χ2v) is 5.67. The van der Waals surface area contributed by atoms with E-state index in [-0.39, 0.29) is 19.1 Å². The minimum atomic E-state index is -0.821. The number of anilines is 1. The molecule has 3 N–H and O–H groups in total. The van der Waals surface area contributed by atoms with Gasteiger partial charge in [-0.2, -0.15) is 0 Å². The highest BCUT2D eigenvalue weighted by Crippen LogP contribution is 2.23. The number of aliphatic hydroxyl groups is 2. The maximum atomic E-state index is 12.4. The highest BCUT2D eigenvalue weighted by atomic mass is 35.5. The van der Waals surface area contributed by atoms with Gasteiger partial charge in [-0.05, 0) is 37.5 Å². The maximum Gasteiger partial charge on any atom is 0.255 e. The Morgan fingerprint density at radius 2 is 2.05 bits per heavy atom. The van der Waals surface area contributed by atoms with Crippen molar-refractivity contribution in [1.82, 2.24) is 4.90 Å². The lowest BCUT2D eigenvalue weighted by Crippen LogP contribution is -2.35. The van der Waals surface area contributed by atoms with Crippen LogP contribution >= 0.6 is 11.6 Å². The van der Waals surface area contributed by atoms with Gasteiger partial charge in [0.25, 0.3) is 5.91 Å². The average Bonchev–Trinajstić information content (AvgIpc) is 2.53. The molecule has 1 aromatic carbocycles. The van der Waals surface area contributed by atoms with Gasteiger partial charge in [-0.1, -0.05) is 11.6 Å². The van der Waals surface area contributed by atoms with Gasteiger partial charge in [0.1, 0.15) is 0 Å². The van der Waals surface area contributed by atoms with E-state index in [0.29, 0.717) is 16.3 Å². The van der Waals surface area contributed by atoms with Crippen molar-refractivity contribution in [2.24, 2.45) is 0 Å². The van der Waals surface area contributed by atoms with Crippen LogP contribution < -0.4 is 5.32 Å². The number of rotatable bonds is 5. The molecule has 1 aromatic rings. The molecule has 0 bridgehead atoms. The molecular formula is C15H21ClN2O3. The molecule has 1 saturated heterocycles. The van der Waals surface area contributed by atoms with Gasteiger partial charge in [-0.25, -0.2) is 0 Å². The van der Waals surface area contributed by atoms with Crippen molar-refractivity contribution < 1.29 is 15.0 Å². The largest absolute Gasteiger partial charge is 0.394 e. The quantitative estimate of drug-likeness (QED) is 0.774. The fraction of sp³-hybridized carbons (Fsp3) is 0.533. The van der Waals surface area contributed by atoms with E-state index < -0.39 is 6.10 Å². The Hall–Kier alpha value is -1.30. The molecule has 1 amide bonds. The maximum absolute atomic E-state index is 12.4. The number of hydrogen-bond acceptors (Lipinski definition) is 4. The molecule has 6 heteroatoms. The lowest BCUT2D eigenvalue weighted by Gasteiger charge is -2.27. The predicted octanol–water partition coefficient (Wildman–Crippen LogP) is 1.73. The third-order valence-corrected chi connectivity index (χ3v) is 3.91. The number of halogens is 1. The predicted molar refractivity (Wildman–Crippen MR) is 82.8 cm³/mol. The van der Waals surface area contributed by atoms with Gasteiger partial charge >= 0.3 is 0 Å². The number of hydrogen-bond donors (Lipinski definition) is 3. The van der Waals surface area contributed by atoms with Crippen LogP contribution in [0.4, 0.5) is 5.69 Å². The number of nitrogens with zero attached hydrogens (tertiary/aromatic N) is 1. The Morgan fingerprint density at radius 1 is 1.33 bits per heavy atom. The second kappa shape index (κ2) is 7.64. The summed E-state index contributed by atoms with van der Waals surface area (Å²) >= 11 is 6.19. The first-order valence-electron chi connectivity index (χ1n) is 7.23. The molecule has 1 unspecified atom stereocenters. The molecule has 116 valence electrons. The zero-order valence-corrected chi connectivity index (χ0v) is 12.6. The fourth-order valence-electron chi connectivity index (χ4n) is 2.37. The van der Waals surface area contributed by atoms with E-state index in [4.69, 9.17) is 16.7 Å². The molecule has 0 spiro atoms. The monoisotopic (exact) mass is 312 g/mol. The van der Waals surface area contributed by atoms with E-state index >= 15 is 0 Å². The van der Waals surface area contributed by atoms with E-state index in [1.54, 1.807) is 18.2 Å². The molecule has 0 saturated carbocycles. The van der Waals surface area contributed by atoms with Gasteiger partial charge in [0.05, 0.1) is 23.3 Å². The lowest BCUT2D eigenvalue weighted by atomic mass is 10.1. The molecule has 1 heterocycles. The molecule has 21 heavy (non-hydrogen) atoms. The normalized spacial score (nSPS) is 16.6. The fourth-order valence-corrected chi connectivity index (χ4v) is 2.63. The SMILES string of the molecule is O=C(c1ccc(NCC(O)CO)cc1Cl)N1CCCCC1. The standard InChI is InChI=1S/C15H21ClN2O3/c16-14-8-11(17-9-12(20)10-19)4-5-13(14)15(21)18-6-2-1-3-7-18/h4-5,8,12,17,19-20H,1-3,6-7,9-10H2. The average molecular weight is 313 g/mol. The number of amides is 1. The number of benzene rings is 1. The first kappa shape index (κ1) is 16.1. The molecule has 5 nitrogen and oxygen atoms in total. The van der Waals surface area contributed by atoms with Crippen LogP contribution in [0.15, 0.2) is 18.2 Å². The van der Waals surface area contributed by atoms with Crippen molar-refractivity contribution in [1.29, 1.82) is 0 Å². The summed E-state index contributed by atoms with van der Waals surface area (Å²) in [5, 5.41) is 21.4. The van der Waals surface area contributed by atoms with Gasteiger partial charge in [0, 0.05) is 25.3 Å². The molecule has 2 rings (SSSR count). The summed E-state index contributed by atoms with van der Waals surface area (Å²) in [5.41, 5.74) is 1.22. The number of aliphatic hydroxyl groups excluding tert-OH is 2. The number of carbonyl (C=O) groups is 1. The Labute approximate surface area is 129 Å². The molecule has 1 atom stereocenters. The van der Waals surface area contributed by atoms with Gasteiger partial charge in [0.2, 0.25) is 0 Å². The van der Waals surface area contributed by atoms with Crippen LogP contribution in [0.5, 0.6) is 0 Å². The van der Waals surface area contributed by atoms with Gasteiger partial charge in [-0.3, -0.25) is 4.79 Å². The van der Waals surface area contributed by atoms with Gasteiger partial charge < -0.3 is 20.4 Å².